The number of nitrogens with zero attached hydrogens (tertiary/aromatic N) is 2. The molecule has 1 aliphatic rings. The average molecular weight is 450 g/mol. The summed E-state index contributed by atoms with van der Waals surface area (Å²) in [4.78, 5) is 39.6. The molecule has 168 valence electrons. The number of para-hydroxylation sites is 1. The topological polar surface area (TPSA) is 71.4 Å². The average Bonchev–Trinajstić information content (AvgIpc) is 3.17. The first kappa shape index (κ1) is 21.4. The summed E-state index contributed by atoms with van der Waals surface area (Å²) in [6.45, 7) is 4.52. The van der Waals surface area contributed by atoms with E-state index < -0.39 is 17.8 Å². The van der Waals surface area contributed by atoms with E-state index in [4.69, 9.17) is 0 Å². The fourth-order valence-corrected chi connectivity index (χ4v) is 4.21. The number of imide groups is 2. The van der Waals surface area contributed by atoms with Crippen molar-refractivity contribution in [1.29, 1.82) is 0 Å². The van der Waals surface area contributed by atoms with Gasteiger partial charge < -0.3 is 4.57 Å². The second-order valence-corrected chi connectivity index (χ2v) is 8.44. The summed E-state index contributed by atoms with van der Waals surface area (Å²) in [5, 5.41) is 3.23. The maximum Gasteiger partial charge on any atom is 0.335 e. The molecule has 0 unspecified atom stereocenters. The van der Waals surface area contributed by atoms with Crippen molar-refractivity contribution < 1.29 is 14.4 Å². The standard InChI is InChI=1S/C28H23N3O3/c1-18-12-13-22(14-19(18)2)31-27(33)24(26(32)29-28(31)34)15-21-17-30(16-20-8-4-3-5-9-20)25-11-7-6-10-23(21)25/h3-15,17H,16H2,1-2H3,(H,29,32,34). The Hall–Kier alpha value is -4.45. The molecule has 1 saturated heterocycles. The number of aryl methyl sites for hydroxylation is 2. The number of hydrogen-bond donors (Lipinski definition) is 1. The SMILES string of the molecule is Cc1ccc(N2C(=O)NC(=O)C(=Cc3cn(Cc4ccccc4)c4ccccc34)C2=O)cc1C. The van der Waals surface area contributed by atoms with Crippen LogP contribution in [0.3, 0.4) is 0 Å². The van der Waals surface area contributed by atoms with Gasteiger partial charge in [-0.25, -0.2) is 9.69 Å². The van der Waals surface area contributed by atoms with Gasteiger partial charge in [-0.15, -0.1) is 0 Å². The lowest BCUT2D eigenvalue weighted by molar-refractivity contribution is -0.122. The number of urea groups is 1. The Labute approximate surface area is 197 Å². The Kier molecular flexibility index (Phi) is 5.34. The van der Waals surface area contributed by atoms with Crippen LogP contribution in [0.25, 0.3) is 17.0 Å². The van der Waals surface area contributed by atoms with Gasteiger partial charge in [-0.2, -0.15) is 0 Å². The molecular weight excluding hydrogens is 426 g/mol. The molecule has 1 aliphatic heterocycles. The molecule has 5 rings (SSSR count). The predicted octanol–water partition coefficient (Wildman–Crippen LogP) is 4.97. The van der Waals surface area contributed by atoms with Gasteiger partial charge in [0.25, 0.3) is 11.8 Å². The molecule has 1 aromatic heterocycles. The highest BCUT2D eigenvalue weighted by atomic mass is 16.2. The Morgan fingerprint density at radius 1 is 0.853 bits per heavy atom. The third kappa shape index (κ3) is 3.79. The van der Waals surface area contributed by atoms with E-state index in [9.17, 15) is 14.4 Å². The number of anilines is 1. The van der Waals surface area contributed by atoms with Crippen molar-refractivity contribution in [2.24, 2.45) is 0 Å². The number of nitrogens with one attached hydrogen (secondary N) is 1. The Morgan fingerprint density at radius 2 is 1.59 bits per heavy atom. The van der Waals surface area contributed by atoms with E-state index in [1.807, 2.05) is 68.6 Å². The fraction of sp³-hybridized carbons (Fsp3) is 0.107. The summed E-state index contributed by atoms with van der Waals surface area (Å²) in [5.41, 5.74) is 5.20. The van der Waals surface area contributed by atoms with E-state index in [1.54, 1.807) is 18.2 Å². The van der Waals surface area contributed by atoms with Gasteiger partial charge in [0, 0.05) is 29.2 Å². The van der Waals surface area contributed by atoms with Gasteiger partial charge in [0.1, 0.15) is 5.57 Å². The van der Waals surface area contributed by atoms with Gasteiger partial charge in [0.15, 0.2) is 0 Å². The van der Waals surface area contributed by atoms with Crippen LogP contribution in [0.15, 0.2) is 84.6 Å². The number of barbiturate groups is 1. The second-order valence-electron chi connectivity index (χ2n) is 8.44. The van der Waals surface area contributed by atoms with Crippen molar-refractivity contribution in [3.63, 3.8) is 0 Å². The maximum atomic E-state index is 13.4. The number of rotatable bonds is 4. The van der Waals surface area contributed by atoms with Gasteiger partial charge in [-0.05, 0) is 54.8 Å². The fourth-order valence-electron chi connectivity index (χ4n) is 4.21. The zero-order valence-corrected chi connectivity index (χ0v) is 18.9. The van der Waals surface area contributed by atoms with Gasteiger partial charge in [0.05, 0.1) is 5.69 Å². The highest BCUT2D eigenvalue weighted by Crippen LogP contribution is 2.28. The van der Waals surface area contributed by atoms with E-state index in [0.717, 1.165) is 38.1 Å². The highest BCUT2D eigenvalue weighted by molar-refractivity contribution is 6.39. The Balaban J connectivity index is 1.57. The highest BCUT2D eigenvalue weighted by Gasteiger charge is 2.37. The minimum atomic E-state index is -0.748. The largest absolute Gasteiger partial charge is 0.342 e. The third-order valence-corrected chi connectivity index (χ3v) is 6.17. The van der Waals surface area contributed by atoms with Crippen LogP contribution in [0.2, 0.25) is 0 Å². The monoisotopic (exact) mass is 449 g/mol. The van der Waals surface area contributed by atoms with Crippen molar-refractivity contribution >= 4 is 40.5 Å². The van der Waals surface area contributed by atoms with Crippen molar-refractivity contribution in [3.05, 3.63) is 107 Å². The molecule has 4 aromatic rings. The number of amides is 4. The number of benzene rings is 3. The number of fused-ring (bicyclic) bond motifs is 1. The zero-order chi connectivity index (χ0) is 23.8. The normalized spacial score (nSPS) is 15.3. The molecule has 0 aliphatic carbocycles. The molecule has 1 N–H and O–H groups in total. The second kappa shape index (κ2) is 8.48. The molecule has 3 aromatic carbocycles. The molecule has 0 saturated carbocycles. The lowest BCUT2D eigenvalue weighted by Crippen LogP contribution is -2.54. The van der Waals surface area contributed by atoms with E-state index in [1.165, 1.54) is 0 Å². The van der Waals surface area contributed by atoms with Crippen LogP contribution in [0.1, 0.15) is 22.3 Å². The number of aromatic nitrogens is 1. The van der Waals surface area contributed by atoms with Gasteiger partial charge in [-0.3, -0.25) is 14.9 Å². The van der Waals surface area contributed by atoms with Crippen LogP contribution in [0.4, 0.5) is 10.5 Å². The molecular formula is C28H23N3O3. The van der Waals surface area contributed by atoms with Gasteiger partial charge in [0.2, 0.25) is 0 Å². The Bertz CT molecular complexity index is 1480. The summed E-state index contributed by atoms with van der Waals surface area (Å²) in [6.07, 6.45) is 3.50. The first-order chi connectivity index (χ1) is 16.4. The first-order valence-electron chi connectivity index (χ1n) is 11.0. The maximum absolute atomic E-state index is 13.4. The lowest BCUT2D eigenvalue weighted by atomic mass is 10.0. The smallest absolute Gasteiger partial charge is 0.335 e. The first-order valence-corrected chi connectivity index (χ1v) is 11.0. The summed E-state index contributed by atoms with van der Waals surface area (Å²) in [6, 6.07) is 22.5. The number of carbonyl (C=O) groups is 3. The predicted molar refractivity (Wildman–Crippen MR) is 132 cm³/mol. The van der Waals surface area contributed by atoms with Crippen molar-refractivity contribution in [3.8, 4) is 0 Å². The van der Waals surface area contributed by atoms with Crippen LogP contribution in [0.5, 0.6) is 0 Å². The van der Waals surface area contributed by atoms with Gasteiger partial charge >= 0.3 is 6.03 Å². The van der Waals surface area contributed by atoms with Crippen molar-refractivity contribution in [2.75, 3.05) is 4.90 Å². The summed E-state index contributed by atoms with van der Waals surface area (Å²) in [5.74, 6) is -1.34. The quantitative estimate of drug-likeness (QED) is 0.353. The summed E-state index contributed by atoms with van der Waals surface area (Å²) < 4.78 is 2.09. The minimum absolute atomic E-state index is 0.0829. The Morgan fingerprint density at radius 3 is 2.35 bits per heavy atom. The van der Waals surface area contributed by atoms with Crippen LogP contribution in [-0.2, 0) is 16.1 Å². The van der Waals surface area contributed by atoms with Gasteiger partial charge in [-0.1, -0.05) is 54.6 Å². The summed E-state index contributed by atoms with van der Waals surface area (Å²) >= 11 is 0. The summed E-state index contributed by atoms with van der Waals surface area (Å²) in [7, 11) is 0. The molecule has 6 heteroatoms. The molecule has 0 radical (unpaired) electrons. The van der Waals surface area contributed by atoms with E-state index in [-0.39, 0.29) is 5.57 Å². The minimum Gasteiger partial charge on any atom is -0.342 e. The van der Waals surface area contributed by atoms with Crippen LogP contribution in [-0.4, -0.2) is 22.4 Å². The molecule has 34 heavy (non-hydrogen) atoms. The van der Waals surface area contributed by atoms with Crippen LogP contribution < -0.4 is 10.2 Å². The third-order valence-electron chi connectivity index (χ3n) is 6.17. The zero-order valence-electron chi connectivity index (χ0n) is 18.9. The molecule has 1 fully saturated rings. The van der Waals surface area contributed by atoms with Crippen LogP contribution >= 0.6 is 0 Å². The molecule has 0 atom stereocenters. The number of hydrogen-bond acceptors (Lipinski definition) is 3. The molecule has 6 nitrogen and oxygen atoms in total. The van der Waals surface area contributed by atoms with Crippen molar-refractivity contribution in [2.45, 2.75) is 20.4 Å². The molecule has 0 spiro atoms. The van der Waals surface area contributed by atoms with Crippen LogP contribution in [0, 0.1) is 13.8 Å². The van der Waals surface area contributed by atoms with E-state index in [2.05, 4.69) is 22.0 Å². The van der Waals surface area contributed by atoms with E-state index >= 15 is 0 Å². The van der Waals surface area contributed by atoms with Crippen molar-refractivity contribution in [1.82, 2.24) is 9.88 Å². The number of carbonyl (C=O) groups excluding carboxylic acids is 3. The molecule has 2 heterocycles. The lowest BCUT2D eigenvalue weighted by Gasteiger charge is -2.26. The van der Waals surface area contributed by atoms with E-state index in [0.29, 0.717) is 12.2 Å². The molecule has 4 amide bonds. The molecule has 0 bridgehead atoms.